The highest BCUT2D eigenvalue weighted by atomic mass is 16.2. The van der Waals surface area contributed by atoms with Crippen molar-refractivity contribution in [3.63, 3.8) is 0 Å². The molecule has 6 heteroatoms. The molecular weight excluding hydrogens is 364 g/mol. The number of nitrogens with one attached hydrogen (secondary N) is 1. The molecule has 29 heavy (non-hydrogen) atoms. The summed E-state index contributed by atoms with van der Waals surface area (Å²) < 4.78 is 0. The van der Waals surface area contributed by atoms with Gasteiger partial charge in [0.1, 0.15) is 11.6 Å². The van der Waals surface area contributed by atoms with Crippen LogP contribution in [0.2, 0.25) is 0 Å². The molecule has 160 valence electrons. The fourth-order valence-electron chi connectivity index (χ4n) is 4.32. The summed E-state index contributed by atoms with van der Waals surface area (Å²) in [6.07, 6.45) is 6.49. The van der Waals surface area contributed by atoms with Gasteiger partial charge < -0.3 is 15.1 Å². The predicted molar refractivity (Wildman–Crippen MR) is 116 cm³/mol. The highest BCUT2D eigenvalue weighted by molar-refractivity contribution is 5.94. The number of amides is 1. The number of carbonyl (C=O) groups is 2. The largest absolute Gasteiger partial charge is 0.370 e. The zero-order chi connectivity index (χ0) is 20.8. The summed E-state index contributed by atoms with van der Waals surface area (Å²) in [6.45, 7) is 8.64. The Morgan fingerprint density at radius 2 is 1.93 bits per heavy atom. The number of ketones is 1. The molecule has 0 saturated carbocycles. The number of nitrogens with zero attached hydrogens (tertiary/aromatic N) is 3. The molecule has 0 aliphatic carbocycles. The van der Waals surface area contributed by atoms with E-state index in [4.69, 9.17) is 0 Å². The number of aromatic nitrogens is 1. The first kappa shape index (κ1) is 21.8. The molecule has 1 aromatic heterocycles. The van der Waals surface area contributed by atoms with Crippen molar-refractivity contribution in [1.82, 2.24) is 14.8 Å². The maximum absolute atomic E-state index is 12.9. The SMILES string of the molecule is CC(C)CC(=O)[C@@H]1CCCN(C(=O)c2ccc(NCC3CCN(C)CC3)nc2)C1. The quantitative estimate of drug-likeness (QED) is 0.761. The van der Waals surface area contributed by atoms with Gasteiger partial charge in [0.2, 0.25) is 0 Å². The fraction of sp³-hybridized carbons (Fsp3) is 0.696. The molecule has 0 aromatic carbocycles. The van der Waals surface area contributed by atoms with Gasteiger partial charge in [-0.15, -0.1) is 0 Å². The fourth-order valence-corrected chi connectivity index (χ4v) is 4.32. The van der Waals surface area contributed by atoms with Crippen LogP contribution in [0.4, 0.5) is 5.82 Å². The Morgan fingerprint density at radius 3 is 2.59 bits per heavy atom. The number of Topliss-reactive ketones (excluding diaryl/α,β-unsaturated/α-hetero) is 1. The van der Waals surface area contributed by atoms with Crippen molar-refractivity contribution >= 4 is 17.5 Å². The van der Waals surface area contributed by atoms with E-state index in [-0.39, 0.29) is 11.8 Å². The second kappa shape index (κ2) is 10.2. The lowest BCUT2D eigenvalue weighted by Crippen LogP contribution is -2.42. The first-order valence-corrected chi connectivity index (χ1v) is 11.1. The van der Waals surface area contributed by atoms with E-state index in [1.54, 1.807) is 6.20 Å². The zero-order valence-corrected chi connectivity index (χ0v) is 18.2. The van der Waals surface area contributed by atoms with E-state index in [2.05, 4.69) is 36.1 Å². The van der Waals surface area contributed by atoms with Crippen LogP contribution in [0.1, 0.15) is 56.3 Å². The smallest absolute Gasteiger partial charge is 0.255 e. The molecular formula is C23H36N4O2. The van der Waals surface area contributed by atoms with Gasteiger partial charge in [0.15, 0.2) is 0 Å². The number of carbonyl (C=O) groups excluding carboxylic acids is 2. The van der Waals surface area contributed by atoms with Gasteiger partial charge in [0.25, 0.3) is 5.91 Å². The van der Waals surface area contributed by atoms with Crippen LogP contribution in [-0.4, -0.2) is 66.2 Å². The van der Waals surface area contributed by atoms with Crippen LogP contribution in [0.25, 0.3) is 0 Å². The summed E-state index contributed by atoms with van der Waals surface area (Å²) in [6, 6.07) is 3.75. The van der Waals surface area contributed by atoms with Crippen molar-refractivity contribution in [2.75, 3.05) is 45.1 Å². The van der Waals surface area contributed by atoms with E-state index in [1.807, 2.05) is 17.0 Å². The minimum atomic E-state index is -0.0152. The van der Waals surface area contributed by atoms with Crippen molar-refractivity contribution < 1.29 is 9.59 Å². The average molecular weight is 401 g/mol. The molecule has 1 amide bonds. The highest BCUT2D eigenvalue weighted by Crippen LogP contribution is 2.22. The van der Waals surface area contributed by atoms with Crippen LogP contribution in [0.5, 0.6) is 0 Å². The molecule has 0 radical (unpaired) electrons. The van der Waals surface area contributed by atoms with Crippen molar-refractivity contribution in [1.29, 1.82) is 0 Å². The highest BCUT2D eigenvalue weighted by Gasteiger charge is 2.29. The molecule has 0 spiro atoms. The van der Waals surface area contributed by atoms with E-state index in [0.717, 1.165) is 44.8 Å². The third kappa shape index (κ3) is 6.26. The number of anilines is 1. The van der Waals surface area contributed by atoms with Crippen LogP contribution in [0.3, 0.4) is 0 Å². The molecule has 0 bridgehead atoms. The topological polar surface area (TPSA) is 65.5 Å². The lowest BCUT2D eigenvalue weighted by Gasteiger charge is -2.32. The van der Waals surface area contributed by atoms with E-state index >= 15 is 0 Å². The summed E-state index contributed by atoms with van der Waals surface area (Å²) in [5.41, 5.74) is 0.604. The molecule has 3 rings (SSSR count). The lowest BCUT2D eigenvalue weighted by molar-refractivity contribution is -0.124. The Bertz CT molecular complexity index is 681. The number of pyridine rings is 1. The van der Waals surface area contributed by atoms with Crippen molar-refractivity contribution in [2.45, 2.75) is 46.0 Å². The predicted octanol–water partition coefficient (Wildman–Crippen LogP) is 3.30. The van der Waals surface area contributed by atoms with E-state index in [1.165, 1.54) is 12.8 Å². The molecule has 2 fully saturated rings. The first-order valence-electron chi connectivity index (χ1n) is 11.1. The Labute approximate surface area is 175 Å². The molecule has 2 aliphatic heterocycles. The molecule has 3 heterocycles. The number of hydrogen-bond acceptors (Lipinski definition) is 5. The van der Waals surface area contributed by atoms with Gasteiger partial charge in [-0.2, -0.15) is 0 Å². The van der Waals surface area contributed by atoms with Crippen LogP contribution in [0.15, 0.2) is 18.3 Å². The summed E-state index contributed by atoms with van der Waals surface area (Å²) in [4.78, 5) is 34.0. The van der Waals surface area contributed by atoms with Gasteiger partial charge in [-0.3, -0.25) is 9.59 Å². The van der Waals surface area contributed by atoms with Gasteiger partial charge in [-0.1, -0.05) is 13.8 Å². The monoisotopic (exact) mass is 400 g/mol. The third-order valence-corrected chi connectivity index (χ3v) is 6.19. The second-order valence-corrected chi connectivity index (χ2v) is 9.21. The molecule has 2 saturated heterocycles. The maximum atomic E-state index is 12.9. The van der Waals surface area contributed by atoms with Crippen LogP contribution in [-0.2, 0) is 4.79 Å². The van der Waals surface area contributed by atoms with Crippen LogP contribution < -0.4 is 5.32 Å². The number of hydrogen-bond donors (Lipinski definition) is 1. The second-order valence-electron chi connectivity index (χ2n) is 9.21. The van der Waals surface area contributed by atoms with Gasteiger partial charge in [0, 0.05) is 38.2 Å². The van der Waals surface area contributed by atoms with Crippen molar-refractivity contribution in [3.05, 3.63) is 23.9 Å². The van der Waals surface area contributed by atoms with Gasteiger partial charge in [-0.25, -0.2) is 4.98 Å². The van der Waals surface area contributed by atoms with Gasteiger partial charge in [0.05, 0.1) is 5.56 Å². The Morgan fingerprint density at radius 1 is 1.17 bits per heavy atom. The molecule has 1 N–H and O–H groups in total. The average Bonchev–Trinajstić information content (AvgIpc) is 2.73. The summed E-state index contributed by atoms with van der Waals surface area (Å²) in [5.74, 6) is 2.14. The number of likely N-dealkylation sites (tertiary alicyclic amines) is 2. The molecule has 1 aromatic rings. The Hall–Kier alpha value is -1.95. The third-order valence-electron chi connectivity index (χ3n) is 6.19. The Balaban J connectivity index is 1.51. The van der Waals surface area contributed by atoms with Crippen molar-refractivity contribution in [2.24, 2.45) is 17.8 Å². The van der Waals surface area contributed by atoms with E-state index in [9.17, 15) is 9.59 Å². The normalized spacial score (nSPS) is 21.4. The van der Waals surface area contributed by atoms with E-state index < -0.39 is 0 Å². The number of piperidine rings is 2. The summed E-state index contributed by atoms with van der Waals surface area (Å²) in [7, 11) is 2.17. The lowest BCUT2D eigenvalue weighted by atomic mass is 9.89. The van der Waals surface area contributed by atoms with Crippen molar-refractivity contribution in [3.8, 4) is 0 Å². The van der Waals surface area contributed by atoms with Gasteiger partial charge >= 0.3 is 0 Å². The molecule has 6 nitrogen and oxygen atoms in total. The molecule has 0 unspecified atom stereocenters. The molecule has 2 aliphatic rings. The summed E-state index contributed by atoms with van der Waals surface area (Å²) in [5, 5.41) is 3.42. The minimum Gasteiger partial charge on any atom is -0.370 e. The Kier molecular flexibility index (Phi) is 7.64. The minimum absolute atomic E-state index is 0.0126. The molecule has 1 atom stereocenters. The summed E-state index contributed by atoms with van der Waals surface area (Å²) >= 11 is 0. The zero-order valence-electron chi connectivity index (χ0n) is 18.2. The standard InChI is InChI=1S/C23H36N4O2/c1-17(2)13-21(28)20-5-4-10-27(16-20)23(29)19-6-7-22(25-15-19)24-14-18-8-11-26(3)12-9-18/h6-7,15,17-18,20H,4-5,8-14,16H2,1-3H3,(H,24,25)/t20-/m1/s1. The first-order chi connectivity index (χ1) is 13.9. The van der Waals surface area contributed by atoms with E-state index in [0.29, 0.717) is 36.1 Å². The van der Waals surface area contributed by atoms with Crippen LogP contribution in [0, 0.1) is 17.8 Å². The number of rotatable bonds is 7. The van der Waals surface area contributed by atoms with Gasteiger partial charge in [-0.05, 0) is 69.8 Å². The van der Waals surface area contributed by atoms with Crippen LogP contribution >= 0.6 is 0 Å². The maximum Gasteiger partial charge on any atom is 0.255 e.